The van der Waals surface area contributed by atoms with Crippen LogP contribution in [0.15, 0.2) is 9.72 Å². The Kier molecular flexibility index (Phi) is 5.85. The predicted octanol–water partition coefficient (Wildman–Crippen LogP) is 0.633. The minimum absolute atomic E-state index is 0.150. The lowest BCUT2D eigenvalue weighted by molar-refractivity contribution is 0.0590. The van der Waals surface area contributed by atoms with Gasteiger partial charge in [-0.3, -0.25) is 0 Å². The van der Waals surface area contributed by atoms with E-state index in [9.17, 15) is 13.2 Å². The molecule has 1 heterocycles. The van der Waals surface area contributed by atoms with Crippen molar-refractivity contribution in [3.63, 3.8) is 0 Å². The standard InChI is InChI=1S/C10H16N2O5S2/c1-4-17-5-7(2)12-19(14,15)10-8(9(13)16-3)11-6-18-10/h6-7,12H,4-5H2,1-3H3. The van der Waals surface area contributed by atoms with Crippen LogP contribution in [0.1, 0.15) is 24.3 Å². The van der Waals surface area contributed by atoms with E-state index in [4.69, 9.17) is 4.74 Å². The van der Waals surface area contributed by atoms with Crippen LogP contribution in [0.5, 0.6) is 0 Å². The van der Waals surface area contributed by atoms with Gasteiger partial charge in [-0.15, -0.1) is 11.3 Å². The van der Waals surface area contributed by atoms with E-state index >= 15 is 0 Å². The summed E-state index contributed by atoms with van der Waals surface area (Å²) >= 11 is 0.863. The molecule has 0 aliphatic rings. The van der Waals surface area contributed by atoms with Crippen LogP contribution in [-0.2, 0) is 19.5 Å². The maximum atomic E-state index is 12.1. The number of thiazole rings is 1. The molecule has 1 aromatic heterocycles. The number of sulfonamides is 1. The molecule has 1 aromatic rings. The first-order chi connectivity index (χ1) is 8.92. The lowest BCUT2D eigenvalue weighted by Crippen LogP contribution is -2.36. The topological polar surface area (TPSA) is 94.6 Å². The van der Waals surface area contributed by atoms with E-state index < -0.39 is 22.0 Å². The van der Waals surface area contributed by atoms with Crippen molar-refractivity contribution >= 4 is 27.3 Å². The number of carbonyl (C=O) groups is 1. The molecule has 7 nitrogen and oxygen atoms in total. The molecule has 0 radical (unpaired) electrons. The molecule has 1 N–H and O–H groups in total. The highest BCUT2D eigenvalue weighted by Crippen LogP contribution is 2.20. The molecule has 9 heteroatoms. The van der Waals surface area contributed by atoms with Crippen molar-refractivity contribution in [2.75, 3.05) is 20.3 Å². The zero-order chi connectivity index (χ0) is 14.5. The molecule has 19 heavy (non-hydrogen) atoms. The number of aromatic nitrogens is 1. The Labute approximate surface area is 116 Å². The van der Waals surface area contributed by atoms with Gasteiger partial charge in [-0.1, -0.05) is 0 Å². The van der Waals surface area contributed by atoms with Gasteiger partial charge in [-0.05, 0) is 13.8 Å². The van der Waals surface area contributed by atoms with E-state index in [1.54, 1.807) is 6.92 Å². The van der Waals surface area contributed by atoms with Crippen LogP contribution < -0.4 is 4.72 Å². The van der Waals surface area contributed by atoms with Crippen LogP contribution in [-0.4, -0.2) is 45.7 Å². The quantitative estimate of drug-likeness (QED) is 0.743. The second-order valence-corrected chi connectivity index (χ2v) is 6.43. The van der Waals surface area contributed by atoms with Crippen LogP contribution in [0.4, 0.5) is 0 Å². The number of ether oxygens (including phenoxy) is 2. The van der Waals surface area contributed by atoms with E-state index in [0.29, 0.717) is 6.61 Å². The molecule has 0 saturated carbocycles. The van der Waals surface area contributed by atoms with Gasteiger partial charge in [0.25, 0.3) is 10.0 Å². The summed E-state index contributed by atoms with van der Waals surface area (Å²) in [7, 11) is -2.64. The first kappa shape index (κ1) is 16.0. The summed E-state index contributed by atoms with van der Waals surface area (Å²) in [5.41, 5.74) is 1.08. The smallest absolute Gasteiger partial charge is 0.358 e. The third-order valence-electron chi connectivity index (χ3n) is 2.09. The number of rotatable bonds is 7. The maximum Gasteiger partial charge on any atom is 0.358 e. The van der Waals surface area contributed by atoms with Gasteiger partial charge in [-0.2, -0.15) is 0 Å². The van der Waals surface area contributed by atoms with Gasteiger partial charge in [0, 0.05) is 12.6 Å². The molecule has 0 amide bonds. The zero-order valence-electron chi connectivity index (χ0n) is 10.9. The zero-order valence-corrected chi connectivity index (χ0v) is 12.5. The van der Waals surface area contributed by atoms with Crippen molar-refractivity contribution in [3.8, 4) is 0 Å². The third-order valence-corrected chi connectivity index (χ3v) is 5.05. The molecule has 108 valence electrons. The Morgan fingerprint density at radius 1 is 1.58 bits per heavy atom. The lowest BCUT2D eigenvalue weighted by Gasteiger charge is -2.13. The Morgan fingerprint density at radius 2 is 2.26 bits per heavy atom. The highest BCUT2D eigenvalue weighted by atomic mass is 32.2. The van der Waals surface area contributed by atoms with Crippen LogP contribution in [0.25, 0.3) is 0 Å². The van der Waals surface area contributed by atoms with Crippen molar-refractivity contribution in [2.45, 2.75) is 24.1 Å². The molecule has 0 aliphatic heterocycles. The van der Waals surface area contributed by atoms with Crippen molar-refractivity contribution in [2.24, 2.45) is 0 Å². The fourth-order valence-electron chi connectivity index (χ4n) is 1.31. The van der Waals surface area contributed by atoms with E-state index in [1.165, 1.54) is 12.6 Å². The number of carbonyl (C=O) groups excluding carboxylic acids is 1. The summed E-state index contributed by atoms with van der Waals surface area (Å²) in [5.74, 6) is -0.779. The van der Waals surface area contributed by atoms with Crippen molar-refractivity contribution < 1.29 is 22.7 Å². The molecule has 1 rings (SSSR count). The van der Waals surface area contributed by atoms with Crippen LogP contribution >= 0.6 is 11.3 Å². The normalized spacial score (nSPS) is 13.2. The SMILES string of the molecule is CCOCC(C)NS(=O)(=O)c1scnc1C(=O)OC. The second kappa shape index (κ2) is 6.94. The van der Waals surface area contributed by atoms with Gasteiger partial charge in [-0.25, -0.2) is 22.9 Å². The van der Waals surface area contributed by atoms with Gasteiger partial charge in [0.05, 0.1) is 19.2 Å². The third kappa shape index (κ3) is 4.23. The van der Waals surface area contributed by atoms with Gasteiger partial charge < -0.3 is 9.47 Å². The summed E-state index contributed by atoms with van der Waals surface area (Å²) in [6.45, 7) is 4.24. The molecule has 0 aliphatic carbocycles. The number of esters is 1. The van der Waals surface area contributed by atoms with E-state index in [-0.39, 0.29) is 16.5 Å². The van der Waals surface area contributed by atoms with Gasteiger partial charge in [0.15, 0.2) is 9.90 Å². The number of hydrogen-bond donors (Lipinski definition) is 1. The average molecular weight is 308 g/mol. The molecule has 1 unspecified atom stereocenters. The van der Waals surface area contributed by atoms with Gasteiger partial charge in [0.2, 0.25) is 0 Å². The van der Waals surface area contributed by atoms with E-state index in [2.05, 4.69) is 14.4 Å². The fraction of sp³-hybridized carbons (Fsp3) is 0.600. The summed E-state index contributed by atoms with van der Waals surface area (Å²) in [6, 6.07) is -0.405. The van der Waals surface area contributed by atoms with Gasteiger partial charge >= 0.3 is 5.97 Å². The Bertz CT molecular complexity index is 526. The highest BCUT2D eigenvalue weighted by molar-refractivity contribution is 7.91. The van der Waals surface area contributed by atoms with Crippen molar-refractivity contribution in [3.05, 3.63) is 11.2 Å². The van der Waals surface area contributed by atoms with E-state index in [0.717, 1.165) is 11.3 Å². The molecule has 0 spiro atoms. The minimum atomic E-state index is -3.81. The summed E-state index contributed by atoms with van der Waals surface area (Å²) < 4.78 is 36.1. The highest BCUT2D eigenvalue weighted by Gasteiger charge is 2.27. The number of nitrogens with one attached hydrogen (secondary N) is 1. The molecule has 1 atom stereocenters. The first-order valence-corrected chi connectivity index (χ1v) is 7.90. The monoisotopic (exact) mass is 308 g/mol. The first-order valence-electron chi connectivity index (χ1n) is 5.54. The summed E-state index contributed by atoms with van der Waals surface area (Å²) in [4.78, 5) is 15.1. The molecule has 0 bridgehead atoms. The molecule has 0 saturated heterocycles. The Morgan fingerprint density at radius 3 is 2.84 bits per heavy atom. The lowest BCUT2D eigenvalue weighted by atomic mass is 10.4. The number of methoxy groups -OCH3 is 1. The van der Waals surface area contributed by atoms with Crippen LogP contribution in [0.3, 0.4) is 0 Å². The van der Waals surface area contributed by atoms with Crippen molar-refractivity contribution in [1.29, 1.82) is 0 Å². The molecule has 0 fully saturated rings. The molecule has 0 aromatic carbocycles. The molecular formula is C10H16N2O5S2. The Hall–Kier alpha value is -1.03. The van der Waals surface area contributed by atoms with Crippen LogP contribution in [0.2, 0.25) is 0 Å². The minimum Gasteiger partial charge on any atom is -0.464 e. The van der Waals surface area contributed by atoms with E-state index in [1.807, 2.05) is 6.92 Å². The van der Waals surface area contributed by atoms with Crippen LogP contribution in [0, 0.1) is 0 Å². The predicted molar refractivity (Wildman–Crippen MR) is 69.7 cm³/mol. The largest absolute Gasteiger partial charge is 0.464 e. The number of nitrogens with zero attached hydrogens (tertiary/aromatic N) is 1. The van der Waals surface area contributed by atoms with Gasteiger partial charge in [0.1, 0.15) is 0 Å². The summed E-state index contributed by atoms with van der Waals surface area (Å²) in [6.07, 6.45) is 0. The number of hydrogen-bond acceptors (Lipinski definition) is 7. The average Bonchev–Trinajstić information content (AvgIpc) is 2.84. The second-order valence-electron chi connectivity index (χ2n) is 3.66. The molecular weight excluding hydrogens is 292 g/mol. The fourth-order valence-corrected chi connectivity index (χ4v) is 3.68. The van der Waals surface area contributed by atoms with Crippen molar-refractivity contribution in [1.82, 2.24) is 9.71 Å². The Balaban J connectivity index is 2.89. The maximum absolute atomic E-state index is 12.1. The summed E-state index contributed by atoms with van der Waals surface area (Å²) in [5, 5.41) is 0.